The van der Waals surface area contributed by atoms with Gasteiger partial charge in [-0.05, 0) is 12.8 Å². The minimum Gasteiger partial charge on any atom is -1.00 e. The molecule has 0 saturated heterocycles. The quantitative estimate of drug-likeness (QED) is 0.473. The number of rotatable bonds is 1. The van der Waals surface area contributed by atoms with Crippen molar-refractivity contribution in [1.82, 2.24) is 0 Å². The van der Waals surface area contributed by atoms with Crippen LogP contribution in [0.3, 0.4) is 0 Å². The number of halogens is 12. The minimum absolute atomic E-state index is 0. The monoisotopic (exact) mass is 415 g/mol. The van der Waals surface area contributed by atoms with Crippen LogP contribution in [0.25, 0.3) is 0 Å². The van der Waals surface area contributed by atoms with Crippen molar-refractivity contribution in [3.05, 3.63) is 0 Å². The van der Waals surface area contributed by atoms with Crippen LogP contribution in [-0.4, -0.2) is 35.0 Å². The molecule has 0 heterocycles. The maximum absolute atomic E-state index is 9.75. The molecule has 1 saturated carbocycles. The molecule has 1 aliphatic rings. The van der Waals surface area contributed by atoms with Gasteiger partial charge in [0.2, 0.25) is 0 Å². The maximum Gasteiger partial charge on any atom is 1.00 e. The van der Waals surface area contributed by atoms with Crippen molar-refractivity contribution in [2.45, 2.75) is 38.2 Å². The fourth-order valence-electron chi connectivity index (χ4n) is 1.30. The first-order valence-corrected chi connectivity index (χ1v) is 6.08. The molecule has 1 rings (SSSR count). The van der Waals surface area contributed by atoms with Gasteiger partial charge in [0.1, 0.15) is 0 Å². The van der Waals surface area contributed by atoms with Crippen molar-refractivity contribution < 1.29 is 109 Å². The van der Waals surface area contributed by atoms with Gasteiger partial charge in [-0.3, -0.25) is 0 Å². The summed E-state index contributed by atoms with van der Waals surface area (Å²) in [6.45, 7) is 0. The van der Waals surface area contributed by atoms with Crippen LogP contribution in [0.15, 0.2) is 0 Å². The molecule has 17 heteroatoms. The van der Waals surface area contributed by atoms with E-state index in [2.05, 4.69) is 0 Å². The standard InChI is InChI=1S/C7H14O.3BF4.K.H/c1-8-7-5-3-2-4-6-7;3*2-1(3,4)5;;/h7H,2-6H2,1H3;;;;;/q;3*-1;+1;-1. The Bertz CT molecular complexity index is 224. The molecule has 0 bridgehead atoms. The zero-order valence-corrected chi connectivity index (χ0v) is 15.9. The Labute approximate surface area is 175 Å². The van der Waals surface area contributed by atoms with Gasteiger partial charge in [0.25, 0.3) is 0 Å². The Morgan fingerprint density at radius 2 is 0.833 bits per heavy atom. The second-order valence-electron chi connectivity index (χ2n) is 3.98. The summed E-state index contributed by atoms with van der Waals surface area (Å²) in [5.41, 5.74) is 0. The van der Waals surface area contributed by atoms with Crippen molar-refractivity contribution in [1.29, 1.82) is 0 Å². The van der Waals surface area contributed by atoms with Crippen LogP contribution in [0, 0.1) is 0 Å². The Morgan fingerprint density at radius 3 is 0.958 bits per heavy atom. The van der Waals surface area contributed by atoms with E-state index in [1.165, 1.54) is 32.1 Å². The molecule has 24 heavy (non-hydrogen) atoms. The van der Waals surface area contributed by atoms with E-state index >= 15 is 0 Å². The summed E-state index contributed by atoms with van der Waals surface area (Å²) in [5.74, 6) is 0. The molecule has 0 aromatic carbocycles. The van der Waals surface area contributed by atoms with Crippen molar-refractivity contribution in [3.63, 3.8) is 0 Å². The minimum atomic E-state index is -6.00. The van der Waals surface area contributed by atoms with E-state index in [4.69, 9.17) is 4.74 Å². The molecule has 0 amide bonds. The number of hydrogen-bond donors (Lipinski definition) is 0. The molecule has 0 atom stereocenters. The summed E-state index contributed by atoms with van der Waals surface area (Å²) in [6, 6.07) is 0. The van der Waals surface area contributed by atoms with Crippen LogP contribution >= 0.6 is 0 Å². The molecule has 0 aromatic rings. The Hall–Kier alpha value is 0.951. The normalized spacial score (nSPS) is 15.4. The first-order valence-electron chi connectivity index (χ1n) is 6.08. The van der Waals surface area contributed by atoms with Crippen molar-refractivity contribution in [2.75, 3.05) is 7.11 Å². The molecule has 0 radical (unpaired) electrons. The topological polar surface area (TPSA) is 9.23 Å². The van der Waals surface area contributed by atoms with Crippen molar-refractivity contribution >= 4 is 21.8 Å². The average Bonchev–Trinajstić information content (AvgIpc) is 2.23. The molecule has 1 fully saturated rings. The van der Waals surface area contributed by atoms with E-state index in [0.717, 1.165) is 0 Å². The van der Waals surface area contributed by atoms with Gasteiger partial charge < -0.3 is 58.0 Å². The van der Waals surface area contributed by atoms with Crippen LogP contribution in [0.4, 0.5) is 51.8 Å². The summed E-state index contributed by atoms with van der Waals surface area (Å²) in [5, 5.41) is 0. The molecular weight excluding hydrogens is 400 g/mol. The van der Waals surface area contributed by atoms with E-state index in [9.17, 15) is 51.8 Å². The molecule has 1 aliphatic carbocycles. The van der Waals surface area contributed by atoms with Gasteiger partial charge in [-0.1, -0.05) is 19.3 Å². The number of hydrogen-bond acceptors (Lipinski definition) is 1. The van der Waals surface area contributed by atoms with E-state index in [1.54, 1.807) is 0 Å². The average molecular weight is 415 g/mol. The van der Waals surface area contributed by atoms with Crippen molar-refractivity contribution in [3.8, 4) is 0 Å². The van der Waals surface area contributed by atoms with E-state index < -0.39 is 21.8 Å². The van der Waals surface area contributed by atoms with Gasteiger partial charge in [0.15, 0.2) is 0 Å². The smallest absolute Gasteiger partial charge is 1.00 e. The molecule has 0 unspecified atom stereocenters. The predicted octanol–water partition coefficient (Wildman–Crippen LogP) is 2.98. The van der Waals surface area contributed by atoms with Crippen LogP contribution in [0.1, 0.15) is 33.5 Å². The third kappa shape index (κ3) is 92.2. The van der Waals surface area contributed by atoms with Crippen molar-refractivity contribution in [2.24, 2.45) is 0 Å². The van der Waals surface area contributed by atoms with E-state index in [1.807, 2.05) is 7.11 Å². The van der Waals surface area contributed by atoms with Gasteiger partial charge in [0, 0.05) is 7.11 Å². The zero-order chi connectivity index (χ0) is 19.3. The fraction of sp³-hybridized carbons (Fsp3) is 1.00. The molecule has 0 aliphatic heterocycles. The Morgan fingerprint density at radius 1 is 0.625 bits per heavy atom. The number of methoxy groups -OCH3 is 1. The van der Waals surface area contributed by atoms with Gasteiger partial charge in [-0.2, -0.15) is 0 Å². The van der Waals surface area contributed by atoms with Crippen LogP contribution in [0.2, 0.25) is 0 Å². The SMILES string of the molecule is COC1CCCCC1.F[B-](F)(F)F.F[B-](F)(F)F.F[B-](F)(F)F.[H-].[K+]. The second kappa shape index (κ2) is 16.1. The predicted molar refractivity (Wildman–Crippen MR) is 65.6 cm³/mol. The van der Waals surface area contributed by atoms with Gasteiger partial charge in [-0.15, -0.1) is 0 Å². The Kier molecular flexibility index (Phi) is 21.9. The zero-order valence-electron chi connectivity index (χ0n) is 13.8. The van der Waals surface area contributed by atoms with Crippen LogP contribution < -0.4 is 51.4 Å². The van der Waals surface area contributed by atoms with E-state index in [-0.39, 0.29) is 52.8 Å². The Balaban J connectivity index is -0.0000000714. The van der Waals surface area contributed by atoms with Gasteiger partial charge >= 0.3 is 73.1 Å². The maximum atomic E-state index is 9.75. The molecule has 0 spiro atoms. The first-order chi connectivity index (χ1) is 9.93. The largest absolute Gasteiger partial charge is 1.00 e. The number of ether oxygens (including phenoxy) is 1. The summed E-state index contributed by atoms with van der Waals surface area (Å²) < 4.78 is 122. The van der Waals surface area contributed by atoms with E-state index in [0.29, 0.717) is 6.10 Å². The van der Waals surface area contributed by atoms with Crippen LogP contribution in [0.5, 0.6) is 0 Å². The third-order valence-electron chi connectivity index (χ3n) is 1.89. The molecule has 0 aromatic heterocycles. The van der Waals surface area contributed by atoms with Crippen LogP contribution in [-0.2, 0) is 4.74 Å². The second-order valence-corrected chi connectivity index (χ2v) is 3.98. The summed E-state index contributed by atoms with van der Waals surface area (Å²) >= 11 is 0. The molecule has 1 nitrogen and oxygen atoms in total. The summed E-state index contributed by atoms with van der Waals surface area (Å²) in [4.78, 5) is 0. The molecule has 0 N–H and O–H groups in total. The molecular formula is C7H15B3F12KO-3. The third-order valence-corrected chi connectivity index (χ3v) is 1.89. The first kappa shape index (κ1) is 32.6. The van der Waals surface area contributed by atoms with Gasteiger partial charge in [-0.25, -0.2) is 0 Å². The fourth-order valence-corrected chi connectivity index (χ4v) is 1.30. The summed E-state index contributed by atoms with van der Waals surface area (Å²) in [6.07, 6.45) is 7.33. The van der Waals surface area contributed by atoms with Gasteiger partial charge in [0.05, 0.1) is 6.10 Å². The molecule has 146 valence electrons. The summed E-state index contributed by atoms with van der Waals surface area (Å²) in [7, 11) is -16.2.